The number of aryl methyl sites for hydroxylation is 1. The number of nitrogens with zero attached hydrogens (tertiary/aromatic N) is 2. The molecule has 0 saturated carbocycles. The summed E-state index contributed by atoms with van der Waals surface area (Å²) in [5.41, 5.74) is -0.0826. The van der Waals surface area contributed by atoms with E-state index in [2.05, 4.69) is 4.98 Å². The first kappa shape index (κ1) is 18.0. The number of hydrogen-bond acceptors (Lipinski definition) is 5. The van der Waals surface area contributed by atoms with Crippen molar-refractivity contribution in [3.8, 4) is 0 Å². The highest BCUT2D eigenvalue weighted by molar-refractivity contribution is 7.87. The van der Waals surface area contributed by atoms with Gasteiger partial charge < -0.3 is 5.11 Å². The number of hydrogen-bond donors (Lipinski definition) is 2. The minimum atomic E-state index is -4.73. The molecule has 1 heterocycles. The summed E-state index contributed by atoms with van der Waals surface area (Å²) in [5.74, 6) is -1.40. The Morgan fingerprint density at radius 1 is 1.30 bits per heavy atom. The van der Waals surface area contributed by atoms with Crippen LogP contribution >= 0.6 is 34.5 Å². The molecule has 11 heteroatoms. The van der Waals surface area contributed by atoms with Crippen LogP contribution in [-0.4, -0.2) is 29.0 Å². The van der Waals surface area contributed by atoms with Crippen molar-refractivity contribution in [2.75, 3.05) is 4.31 Å². The number of benzene rings is 1. The van der Waals surface area contributed by atoms with Gasteiger partial charge in [-0.1, -0.05) is 34.5 Å². The second kappa shape index (κ2) is 6.62. The number of halogens is 2. The molecule has 0 unspecified atom stereocenters. The highest BCUT2D eigenvalue weighted by Crippen LogP contribution is 2.32. The van der Waals surface area contributed by atoms with Gasteiger partial charge in [-0.05, 0) is 30.7 Å². The fourth-order valence-corrected chi connectivity index (χ4v) is 4.24. The minimum Gasteiger partial charge on any atom is -0.476 e. The van der Waals surface area contributed by atoms with Crippen LogP contribution in [0.2, 0.25) is 10.0 Å². The molecule has 0 saturated heterocycles. The van der Waals surface area contributed by atoms with Gasteiger partial charge in [-0.3, -0.25) is 4.55 Å². The molecule has 1 aromatic heterocycles. The summed E-state index contributed by atoms with van der Waals surface area (Å²) in [7, 11) is -4.73. The van der Waals surface area contributed by atoms with Crippen LogP contribution in [0.1, 0.15) is 21.1 Å². The van der Waals surface area contributed by atoms with Gasteiger partial charge in [0.2, 0.25) is 0 Å². The van der Waals surface area contributed by atoms with Crippen LogP contribution in [0.4, 0.5) is 5.00 Å². The molecular formula is C12H10Cl2N2O5S2. The number of anilines is 1. The molecule has 7 nitrogen and oxygen atoms in total. The van der Waals surface area contributed by atoms with Crippen molar-refractivity contribution >= 4 is 55.8 Å². The second-order valence-corrected chi connectivity index (χ2v) is 7.84. The van der Waals surface area contributed by atoms with E-state index >= 15 is 0 Å². The normalized spacial score (nSPS) is 11.5. The van der Waals surface area contributed by atoms with Crippen LogP contribution in [0.3, 0.4) is 0 Å². The molecule has 2 N–H and O–H groups in total. The Morgan fingerprint density at radius 3 is 2.35 bits per heavy atom. The molecule has 0 bridgehead atoms. The molecule has 2 aromatic rings. The molecule has 0 aliphatic carbocycles. The molecule has 2 rings (SSSR count). The monoisotopic (exact) mass is 396 g/mol. The van der Waals surface area contributed by atoms with Gasteiger partial charge >= 0.3 is 16.3 Å². The maximum absolute atomic E-state index is 11.7. The van der Waals surface area contributed by atoms with E-state index in [0.29, 0.717) is 14.9 Å². The van der Waals surface area contributed by atoms with E-state index in [1.807, 2.05) is 0 Å². The zero-order valence-corrected chi connectivity index (χ0v) is 14.7. The van der Waals surface area contributed by atoms with E-state index < -0.39 is 22.0 Å². The number of thiazole rings is 1. The van der Waals surface area contributed by atoms with Gasteiger partial charge in [0.1, 0.15) is 5.00 Å². The lowest BCUT2D eigenvalue weighted by Crippen LogP contribution is -2.30. The first-order valence-corrected chi connectivity index (χ1v) is 8.95. The maximum Gasteiger partial charge on any atom is 0.360 e. The second-order valence-electron chi connectivity index (χ2n) is 4.45. The lowest BCUT2D eigenvalue weighted by molar-refractivity contribution is 0.0692. The highest BCUT2D eigenvalue weighted by atomic mass is 35.5. The third kappa shape index (κ3) is 4.33. The number of carboxylic acid groups (broad SMARTS) is 1. The van der Waals surface area contributed by atoms with Crippen molar-refractivity contribution in [2.45, 2.75) is 13.5 Å². The topological polar surface area (TPSA) is 108 Å². The molecule has 0 spiro atoms. The predicted octanol–water partition coefficient (Wildman–Crippen LogP) is 3.27. The lowest BCUT2D eigenvalue weighted by atomic mass is 10.2. The van der Waals surface area contributed by atoms with Gasteiger partial charge in [0.05, 0.1) is 11.6 Å². The van der Waals surface area contributed by atoms with E-state index in [9.17, 15) is 17.8 Å². The zero-order valence-electron chi connectivity index (χ0n) is 11.5. The largest absolute Gasteiger partial charge is 0.476 e. The third-order valence-electron chi connectivity index (χ3n) is 2.67. The van der Waals surface area contributed by atoms with E-state index in [0.717, 1.165) is 11.3 Å². The predicted molar refractivity (Wildman–Crippen MR) is 88.0 cm³/mol. The Bertz CT molecular complexity index is 846. The van der Waals surface area contributed by atoms with Crippen LogP contribution in [0, 0.1) is 6.92 Å². The van der Waals surface area contributed by atoms with Crippen molar-refractivity contribution in [1.82, 2.24) is 4.98 Å². The van der Waals surface area contributed by atoms with E-state index in [1.54, 1.807) is 0 Å². The fraction of sp³-hybridized carbons (Fsp3) is 0.167. The summed E-state index contributed by atoms with van der Waals surface area (Å²) in [5, 5.41) is 9.85. The summed E-state index contributed by atoms with van der Waals surface area (Å²) >= 11 is 12.6. The highest BCUT2D eigenvalue weighted by Gasteiger charge is 2.29. The summed E-state index contributed by atoms with van der Waals surface area (Å²) < 4.78 is 33.4. The van der Waals surface area contributed by atoms with Crippen LogP contribution in [-0.2, 0) is 16.8 Å². The zero-order chi connectivity index (χ0) is 17.4. The number of aromatic nitrogens is 1. The molecular weight excluding hydrogens is 387 g/mol. The standard InChI is InChI=1S/C12H10Cl2N2O5S2/c1-6-15-10(12(17)18)11(22-6)16(23(19,20)21)5-7-2-8(13)4-9(14)3-7/h2-4H,5H2,1H3,(H,17,18)(H,19,20,21). The summed E-state index contributed by atoms with van der Waals surface area (Å²) in [6.07, 6.45) is 0. The summed E-state index contributed by atoms with van der Waals surface area (Å²) in [6, 6.07) is 4.38. The first-order valence-electron chi connectivity index (χ1n) is 5.99. The van der Waals surface area contributed by atoms with Gasteiger partial charge in [-0.2, -0.15) is 8.42 Å². The van der Waals surface area contributed by atoms with E-state index in [4.69, 9.17) is 28.3 Å². The molecule has 124 valence electrons. The quantitative estimate of drug-likeness (QED) is 0.750. The Morgan fingerprint density at radius 2 is 1.87 bits per heavy atom. The molecule has 23 heavy (non-hydrogen) atoms. The number of carbonyl (C=O) groups is 1. The maximum atomic E-state index is 11.7. The Labute approximate surface area is 146 Å². The van der Waals surface area contributed by atoms with Crippen LogP contribution < -0.4 is 4.31 Å². The molecule has 0 aliphatic rings. The van der Waals surface area contributed by atoms with Gasteiger partial charge in [-0.25, -0.2) is 14.1 Å². The molecule has 0 radical (unpaired) electrons. The first-order chi connectivity index (χ1) is 10.6. The molecule has 0 atom stereocenters. The van der Waals surface area contributed by atoms with Gasteiger partial charge in [0.25, 0.3) is 0 Å². The molecule has 0 fully saturated rings. The minimum absolute atomic E-state index is 0.200. The van der Waals surface area contributed by atoms with Crippen molar-refractivity contribution in [3.05, 3.63) is 44.5 Å². The molecule has 1 aromatic carbocycles. The SMILES string of the molecule is Cc1nc(C(=O)O)c(N(Cc2cc(Cl)cc(Cl)c2)S(=O)(=O)O)s1. The van der Waals surface area contributed by atoms with Crippen molar-refractivity contribution < 1.29 is 22.9 Å². The fourth-order valence-electron chi connectivity index (χ4n) is 1.85. The van der Waals surface area contributed by atoms with Crippen molar-refractivity contribution in [1.29, 1.82) is 0 Å². The number of rotatable bonds is 5. The average Bonchev–Trinajstić information content (AvgIpc) is 2.75. The molecule has 0 amide bonds. The number of aromatic carboxylic acids is 1. The summed E-state index contributed by atoms with van der Waals surface area (Å²) in [6.45, 7) is 1.18. The van der Waals surface area contributed by atoms with Gasteiger partial charge in [0.15, 0.2) is 5.69 Å². The van der Waals surface area contributed by atoms with E-state index in [-0.39, 0.29) is 21.6 Å². The van der Waals surface area contributed by atoms with Crippen molar-refractivity contribution in [3.63, 3.8) is 0 Å². The van der Waals surface area contributed by atoms with Crippen LogP contribution in [0.15, 0.2) is 18.2 Å². The molecule has 0 aliphatic heterocycles. The lowest BCUT2D eigenvalue weighted by Gasteiger charge is -2.19. The third-order valence-corrected chi connectivity index (χ3v) is 5.09. The van der Waals surface area contributed by atoms with Gasteiger partial charge in [-0.15, -0.1) is 0 Å². The van der Waals surface area contributed by atoms with Crippen LogP contribution in [0.25, 0.3) is 0 Å². The Balaban J connectivity index is 2.53. The Kier molecular flexibility index (Phi) is 5.17. The van der Waals surface area contributed by atoms with E-state index in [1.165, 1.54) is 25.1 Å². The van der Waals surface area contributed by atoms with Crippen molar-refractivity contribution in [2.24, 2.45) is 0 Å². The van der Waals surface area contributed by atoms with Crippen LogP contribution in [0.5, 0.6) is 0 Å². The summed E-state index contributed by atoms with van der Waals surface area (Å²) in [4.78, 5) is 15.0. The average molecular weight is 397 g/mol. The number of carboxylic acids is 1. The smallest absolute Gasteiger partial charge is 0.360 e. The van der Waals surface area contributed by atoms with Gasteiger partial charge in [0, 0.05) is 10.0 Å². The Hall–Kier alpha value is -1.39.